The van der Waals surface area contributed by atoms with Crippen LogP contribution in [0.2, 0.25) is 0 Å². The van der Waals surface area contributed by atoms with E-state index in [-0.39, 0.29) is 5.82 Å². The molecule has 0 saturated carbocycles. The van der Waals surface area contributed by atoms with Gasteiger partial charge in [0.1, 0.15) is 5.82 Å². The lowest BCUT2D eigenvalue weighted by molar-refractivity contribution is 0.626. The quantitative estimate of drug-likeness (QED) is 0.740. The van der Waals surface area contributed by atoms with Gasteiger partial charge in [0.25, 0.3) is 0 Å². The molecule has 0 unspecified atom stereocenters. The van der Waals surface area contributed by atoms with E-state index in [1.165, 1.54) is 6.07 Å². The third-order valence-corrected chi connectivity index (χ3v) is 3.10. The van der Waals surface area contributed by atoms with Crippen LogP contribution in [0.1, 0.15) is 26.7 Å². The van der Waals surface area contributed by atoms with E-state index in [9.17, 15) is 4.39 Å². The van der Waals surface area contributed by atoms with Gasteiger partial charge >= 0.3 is 0 Å². The van der Waals surface area contributed by atoms with Crippen LogP contribution in [0, 0.1) is 9.39 Å². The number of halogens is 2. The molecule has 0 aliphatic rings. The SMILES string of the molecule is CCCN(CCC)c1ccc(F)cc1I. The summed E-state index contributed by atoms with van der Waals surface area (Å²) in [5.41, 5.74) is 1.15. The van der Waals surface area contributed by atoms with E-state index in [1.54, 1.807) is 6.07 Å². The molecule has 1 rings (SSSR count). The van der Waals surface area contributed by atoms with Gasteiger partial charge < -0.3 is 4.90 Å². The van der Waals surface area contributed by atoms with Gasteiger partial charge in [0.15, 0.2) is 0 Å². The van der Waals surface area contributed by atoms with Crippen molar-refractivity contribution in [1.29, 1.82) is 0 Å². The summed E-state index contributed by atoms with van der Waals surface area (Å²) in [5.74, 6) is -0.156. The van der Waals surface area contributed by atoms with E-state index in [0.29, 0.717) is 0 Å². The van der Waals surface area contributed by atoms with Gasteiger partial charge in [-0.2, -0.15) is 0 Å². The minimum atomic E-state index is -0.156. The number of hydrogen-bond donors (Lipinski definition) is 0. The Morgan fingerprint density at radius 3 is 2.27 bits per heavy atom. The average molecular weight is 321 g/mol. The first kappa shape index (κ1) is 12.7. The summed E-state index contributed by atoms with van der Waals surface area (Å²) in [6.07, 6.45) is 2.24. The normalized spacial score (nSPS) is 10.4. The molecular formula is C12H17FIN. The van der Waals surface area contributed by atoms with Crippen LogP contribution in [0.5, 0.6) is 0 Å². The molecule has 0 N–H and O–H groups in total. The molecule has 0 heterocycles. The molecule has 0 aromatic heterocycles. The van der Waals surface area contributed by atoms with Crippen molar-refractivity contribution in [3.63, 3.8) is 0 Å². The molecular weight excluding hydrogens is 304 g/mol. The molecule has 0 aliphatic carbocycles. The lowest BCUT2D eigenvalue weighted by atomic mass is 10.2. The molecule has 0 atom stereocenters. The van der Waals surface area contributed by atoms with E-state index in [1.807, 2.05) is 6.07 Å². The second-order valence-corrected chi connectivity index (χ2v) is 4.74. The minimum Gasteiger partial charge on any atom is -0.371 e. The molecule has 1 aromatic carbocycles. The molecule has 84 valence electrons. The maximum absolute atomic E-state index is 13.0. The van der Waals surface area contributed by atoms with Crippen molar-refractivity contribution in [2.75, 3.05) is 18.0 Å². The topological polar surface area (TPSA) is 3.24 Å². The van der Waals surface area contributed by atoms with Crippen molar-refractivity contribution in [1.82, 2.24) is 0 Å². The molecule has 0 saturated heterocycles. The summed E-state index contributed by atoms with van der Waals surface area (Å²) in [4.78, 5) is 2.32. The minimum absolute atomic E-state index is 0.156. The van der Waals surface area contributed by atoms with Crippen LogP contribution in [0.4, 0.5) is 10.1 Å². The summed E-state index contributed by atoms with van der Waals surface area (Å²) >= 11 is 2.20. The molecule has 0 spiro atoms. The average Bonchev–Trinajstić information content (AvgIpc) is 2.17. The van der Waals surface area contributed by atoms with Gasteiger partial charge in [-0.1, -0.05) is 13.8 Å². The van der Waals surface area contributed by atoms with Crippen LogP contribution in [-0.2, 0) is 0 Å². The van der Waals surface area contributed by atoms with E-state index < -0.39 is 0 Å². The maximum Gasteiger partial charge on any atom is 0.124 e. The predicted octanol–water partition coefficient (Wildman–Crippen LogP) is 4.06. The van der Waals surface area contributed by atoms with Crippen molar-refractivity contribution in [2.45, 2.75) is 26.7 Å². The fraction of sp³-hybridized carbons (Fsp3) is 0.500. The second kappa shape index (κ2) is 6.30. The number of nitrogens with zero attached hydrogens (tertiary/aromatic N) is 1. The molecule has 0 bridgehead atoms. The largest absolute Gasteiger partial charge is 0.371 e. The van der Waals surface area contributed by atoms with Gasteiger partial charge in [0.2, 0.25) is 0 Å². The number of benzene rings is 1. The van der Waals surface area contributed by atoms with E-state index >= 15 is 0 Å². The summed E-state index contributed by atoms with van der Waals surface area (Å²) in [5, 5.41) is 0. The van der Waals surface area contributed by atoms with Gasteiger partial charge in [-0.05, 0) is 53.6 Å². The first-order valence-electron chi connectivity index (χ1n) is 5.39. The number of anilines is 1. The molecule has 0 fully saturated rings. The van der Waals surface area contributed by atoms with Crippen molar-refractivity contribution in [2.24, 2.45) is 0 Å². The van der Waals surface area contributed by atoms with Crippen LogP contribution in [0.15, 0.2) is 18.2 Å². The van der Waals surface area contributed by atoms with Gasteiger partial charge in [-0.15, -0.1) is 0 Å². The van der Waals surface area contributed by atoms with Gasteiger partial charge in [-0.25, -0.2) is 4.39 Å². The zero-order chi connectivity index (χ0) is 11.3. The summed E-state index contributed by atoms with van der Waals surface area (Å²) in [7, 11) is 0. The Hall–Kier alpha value is -0.320. The molecule has 0 aliphatic heterocycles. The third kappa shape index (κ3) is 3.63. The highest BCUT2D eigenvalue weighted by Gasteiger charge is 2.08. The number of hydrogen-bond acceptors (Lipinski definition) is 1. The van der Waals surface area contributed by atoms with Crippen LogP contribution in [-0.4, -0.2) is 13.1 Å². The Morgan fingerprint density at radius 2 is 1.80 bits per heavy atom. The van der Waals surface area contributed by atoms with Crippen LogP contribution in [0.25, 0.3) is 0 Å². The highest BCUT2D eigenvalue weighted by molar-refractivity contribution is 14.1. The Kier molecular flexibility index (Phi) is 5.36. The third-order valence-electron chi connectivity index (χ3n) is 2.24. The van der Waals surface area contributed by atoms with Crippen molar-refractivity contribution in [3.8, 4) is 0 Å². The lowest BCUT2D eigenvalue weighted by Crippen LogP contribution is -2.25. The lowest BCUT2D eigenvalue weighted by Gasteiger charge is -2.24. The molecule has 0 radical (unpaired) electrons. The first-order valence-corrected chi connectivity index (χ1v) is 6.47. The van der Waals surface area contributed by atoms with E-state index in [4.69, 9.17) is 0 Å². The van der Waals surface area contributed by atoms with E-state index in [2.05, 4.69) is 41.3 Å². The molecule has 1 nitrogen and oxygen atoms in total. The smallest absolute Gasteiger partial charge is 0.124 e. The highest BCUT2D eigenvalue weighted by atomic mass is 127. The fourth-order valence-corrected chi connectivity index (χ4v) is 2.45. The predicted molar refractivity (Wildman–Crippen MR) is 71.9 cm³/mol. The van der Waals surface area contributed by atoms with E-state index in [0.717, 1.165) is 35.2 Å². The Labute approximate surface area is 105 Å². The van der Waals surface area contributed by atoms with Gasteiger partial charge in [0.05, 0.1) is 5.69 Å². The van der Waals surface area contributed by atoms with Gasteiger partial charge in [-0.3, -0.25) is 0 Å². The molecule has 1 aromatic rings. The van der Waals surface area contributed by atoms with Crippen molar-refractivity contribution < 1.29 is 4.39 Å². The molecule has 15 heavy (non-hydrogen) atoms. The summed E-state index contributed by atoms with van der Waals surface area (Å²) < 4.78 is 14.0. The summed E-state index contributed by atoms with van der Waals surface area (Å²) in [6.45, 7) is 6.41. The monoisotopic (exact) mass is 321 g/mol. The maximum atomic E-state index is 13.0. The van der Waals surface area contributed by atoms with Crippen molar-refractivity contribution in [3.05, 3.63) is 27.6 Å². The Morgan fingerprint density at radius 1 is 1.20 bits per heavy atom. The van der Waals surface area contributed by atoms with Gasteiger partial charge in [0, 0.05) is 16.7 Å². The highest BCUT2D eigenvalue weighted by Crippen LogP contribution is 2.23. The standard InChI is InChI=1S/C12H17FIN/c1-3-7-15(8-4-2)12-6-5-10(13)9-11(12)14/h5-6,9H,3-4,7-8H2,1-2H3. The van der Waals surface area contributed by atoms with Crippen LogP contribution in [0.3, 0.4) is 0 Å². The number of rotatable bonds is 5. The molecule has 0 amide bonds. The Balaban J connectivity index is 2.89. The second-order valence-electron chi connectivity index (χ2n) is 3.58. The Bertz CT molecular complexity index is 308. The van der Waals surface area contributed by atoms with Crippen molar-refractivity contribution >= 4 is 28.3 Å². The summed E-state index contributed by atoms with van der Waals surface area (Å²) in [6, 6.07) is 5.01. The molecule has 3 heteroatoms. The van der Waals surface area contributed by atoms with Crippen LogP contribution >= 0.6 is 22.6 Å². The first-order chi connectivity index (χ1) is 7.19. The fourth-order valence-electron chi connectivity index (χ4n) is 1.63. The zero-order valence-electron chi connectivity index (χ0n) is 9.26. The van der Waals surface area contributed by atoms with Crippen LogP contribution < -0.4 is 4.90 Å². The zero-order valence-corrected chi connectivity index (χ0v) is 11.4.